The van der Waals surface area contributed by atoms with E-state index in [9.17, 15) is 14.4 Å². The van der Waals surface area contributed by atoms with Crippen LogP contribution in [0.1, 0.15) is 28.8 Å². The van der Waals surface area contributed by atoms with Gasteiger partial charge in [-0.05, 0) is 31.0 Å². The fourth-order valence-electron chi connectivity index (χ4n) is 1.66. The Morgan fingerprint density at radius 2 is 2.05 bits per heavy atom. The molecule has 0 saturated carbocycles. The molecule has 0 aliphatic carbocycles. The van der Waals surface area contributed by atoms with Crippen LogP contribution in [0.4, 0.5) is 0 Å². The lowest BCUT2D eigenvalue weighted by molar-refractivity contribution is -0.142. The van der Waals surface area contributed by atoms with Gasteiger partial charge in [0.25, 0.3) is 5.91 Å². The number of methoxy groups -OCH3 is 1. The maximum atomic E-state index is 12.0. The molecule has 0 heterocycles. The number of carbonyl (C=O) groups is 3. The van der Waals surface area contributed by atoms with Crippen molar-refractivity contribution < 1.29 is 24.2 Å². The number of rotatable bonds is 6. The zero-order chi connectivity index (χ0) is 16.0. The average molecular weight is 314 g/mol. The molecule has 0 saturated heterocycles. The monoisotopic (exact) mass is 313 g/mol. The van der Waals surface area contributed by atoms with Crippen LogP contribution in [0.5, 0.6) is 0 Å². The Balaban J connectivity index is 2.76. The molecule has 1 aromatic rings. The van der Waals surface area contributed by atoms with E-state index in [1.807, 2.05) is 6.92 Å². The summed E-state index contributed by atoms with van der Waals surface area (Å²) < 4.78 is 4.44. The van der Waals surface area contributed by atoms with Gasteiger partial charge in [-0.3, -0.25) is 9.59 Å². The minimum atomic E-state index is -1.23. The van der Waals surface area contributed by atoms with Crippen LogP contribution < -0.4 is 5.32 Å². The van der Waals surface area contributed by atoms with E-state index >= 15 is 0 Å². The molecule has 21 heavy (non-hydrogen) atoms. The van der Waals surface area contributed by atoms with Crippen molar-refractivity contribution in [2.75, 3.05) is 7.11 Å². The Labute approximate surface area is 127 Å². The average Bonchev–Trinajstić information content (AvgIpc) is 2.42. The zero-order valence-corrected chi connectivity index (χ0v) is 12.4. The molecule has 6 nitrogen and oxygen atoms in total. The smallest absolute Gasteiger partial charge is 0.326 e. The summed E-state index contributed by atoms with van der Waals surface area (Å²) in [7, 11) is 1.21. The number of hydrogen-bond acceptors (Lipinski definition) is 4. The van der Waals surface area contributed by atoms with Gasteiger partial charge in [0.1, 0.15) is 6.04 Å². The third kappa shape index (κ3) is 5.07. The van der Waals surface area contributed by atoms with Crippen LogP contribution in [0.2, 0.25) is 5.02 Å². The first-order valence-electron chi connectivity index (χ1n) is 6.21. The van der Waals surface area contributed by atoms with E-state index in [0.29, 0.717) is 0 Å². The molecule has 7 heteroatoms. The van der Waals surface area contributed by atoms with Crippen LogP contribution in [0, 0.1) is 6.92 Å². The van der Waals surface area contributed by atoms with Gasteiger partial charge in [0, 0.05) is 6.42 Å². The zero-order valence-electron chi connectivity index (χ0n) is 11.7. The Hall–Kier alpha value is -2.08. The summed E-state index contributed by atoms with van der Waals surface area (Å²) in [6.45, 7) is 1.82. The number of carbonyl (C=O) groups excluding carboxylic acids is 2. The van der Waals surface area contributed by atoms with Gasteiger partial charge in [0.15, 0.2) is 0 Å². The molecule has 0 spiro atoms. The van der Waals surface area contributed by atoms with E-state index in [0.717, 1.165) is 5.56 Å². The molecule has 1 rings (SSSR count). The number of ether oxygens (including phenoxy) is 1. The van der Waals surface area contributed by atoms with Gasteiger partial charge in [-0.1, -0.05) is 17.7 Å². The topological polar surface area (TPSA) is 92.7 Å². The molecule has 1 aromatic carbocycles. The van der Waals surface area contributed by atoms with Gasteiger partial charge in [0.05, 0.1) is 17.7 Å². The fraction of sp³-hybridized carbons (Fsp3) is 0.357. The molecular weight excluding hydrogens is 298 g/mol. The predicted octanol–water partition coefficient (Wildman–Crippen LogP) is 1.78. The molecule has 2 N–H and O–H groups in total. The maximum Gasteiger partial charge on any atom is 0.326 e. The second kappa shape index (κ2) is 7.64. The van der Waals surface area contributed by atoms with Crippen LogP contribution in [0.15, 0.2) is 18.2 Å². The summed E-state index contributed by atoms with van der Waals surface area (Å²) in [5, 5.41) is 11.7. The molecule has 0 bridgehead atoms. The minimum absolute atomic E-state index is 0.0583. The lowest BCUT2D eigenvalue weighted by atomic mass is 10.1. The normalized spacial score (nSPS) is 11.6. The van der Waals surface area contributed by atoms with Gasteiger partial charge in [-0.2, -0.15) is 0 Å². The van der Waals surface area contributed by atoms with Gasteiger partial charge < -0.3 is 15.2 Å². The Kier molecular flexibility index (Phi) is 6.17. The SMILES string of the molecule is COC(=O)CCC(NC(=O)c1ccc(C)cc1Cl)C(=O)O. The Bertz CT molecular complexity index is 558. The summed E-state index contributed by atoms with van der Waals surface area (Å²) in [6, 6.07) is 3.65. The van der Waals surface area contributed by atoms with Crippen molar-refractivity contribution in [1.82, 2.24) is 5.32 Å². The third-order valence-corrected chi connectivity index (χ3v) is 3.15. The lowest BCUT2D eigenvalue weighted by Gasteiger charge is -2.14. The highest BCUT2D eigenvalue weighted by Gasteiger charge is 2.22. The van der Waals surface area contributed by atoms with Crippen molar-refractivity contribution >= 4 is 29.4 Å². The molecule has 0 aliphatic heterocycles. The molecule has 0 aromatic heterocycles. The van der Waals surface area contributed by atoms with E-state index in [1.165, 1.54) is 13.2 Å². The van der Waals surface area contributed by atoms with Gasteiger partial charge in [-0.15, -0.1) is 0 Å². The molecule has 1 amide bonds. The number of aliphatic carboxylic acids is 1. The quantitative estimate of drug-likeness (QED) is 0.781. The van der Waals surface area contributed by atoms with Crippen molar-refractivity contribution in [3.8, 4) is 0 Å². The highest BCUT2D eigenvalue weighted by atomic mass is 35.5. The van der Waals surface area contributed by atoms with Crippen molar-refractivity contribution in [2.24, 2.45) is 0 Å². The first kappa shape index (κ1) is 17.0. The number of hydrogen-bond donors (Lipinski definition) is 2. The van der Waals surface area contributed by atoms with Gasteiger partial charge in [-0.25, -0.2) is 4.79 Å². The first-order valence-corrected chi connectivity index (χ1v) is 6.59. The number of esters is 1. The van der Waals surface area contributed by atoms with Crippen LogP contribution in [0.3, 0.4) is 0 Å². The molecule has 114 valence electrons. The van der Waals surface area contributed by atoms with E-state index in [2.05, 4.69) is 10.1 Å². The van der Waals surface area contributed by atoms with Crippen molar-refractivity contribution in [1.29, 1.82) is 0 Å². The molecule has 0 radical (unpaired) electrons. The highest BCUT2D eigenvalue weighted by Crippen LogP contribution is 2.17. The van der Waals surface area contributed by atoms with E-state index in [1.54, 1.807) is 12.1 Å². The van der Waals surface area contributed by atoms with Crippen LogP contribution in [-0.2, 0) is 14.3 Å². The number of carboxylic acids is 1. The van der Waals surface area contributed by atoms with E-state index < -0.39 is 23.9 Å². The fourth-order valence-corrected chi connectivity index (χ4v) is 1.98. The molecule has 1 unspecified atom stereocenters. The summed E-state index contributed by atoms with van der Waals surface area (Å²) in [6.07, 6.45) is -0.160. The third-order valence-electron chi connectivity index (χ3n) is 2.84. The number of nitrogens with one attached hydrogen (secondary N) is 1. The Morgan fingerprint density at radius 1 is 1.38 bits per heavy atom. The summed E-state index contributed by atoms with van der Waals surface area (Å²) in [5.74, 6) is -2.36. The second-order valence-corrected chi connectivity index (χ2v) is 4.87. The number of carboxylic acid groups (broad SMARTS) is 1. The van der Waals surface area contributed by atoms with Crippen molar-refractivity contribution in [3.63, 3.8) is 0 Å². The first-order chi connectivity index (χ1) is 9.85. The summed E-state index contributed by atoms with van der Waals surface area (Å²) in [5.41, 5.74) is 1.07. The maximum absolute atomic E-state index is 12.0. The number of halogens is 1. The largest absolute Gasteiger partial charge is 0.480 e. The van der Waals surface area contributed by atoms with E-state index in [-0.39, 0.29) is 23.4 Å². The number of aryl methyl sites for hydroxylation is 1. The van der Waals surface area contributed by atoms with Crippen LogP contribution in [-0.4, -0.2) is 36.1 Å². The van der Waals surface area contributed by atoms with Crippen molar-refractivity contribution in [3.05, 3.63) is 34.3 Å². The van der Waals surface area contributed by atoms with Gasteiger partial charge in [0.2, 0.25) is 0 Å². The van der Waals surface area contributed by atoms with Crippen molar-refractivity contribution in [2.45, 2.75) is 25.8 Å². The molecule has 1 atom stereocenters. The Morgan fingerprint density at radius 3 is 2.57 bits per heavy atom. The second-order valence-electron chi connectivity index (χ2n) is 4.46. The van der Waals surface area contributed by atoms with Gasteiger partial charge >= 0.3 is 11.9 Å². The van der Waals surface area contributed by atoms with Crippen LogP contribution >= 0.6 is 11.6 Å². The summed E-state index contributed by atoms with van der Waals surface area (Å²) >= 11 is 5.96. The highest BCUT2D eigenvalue weighted by molar-refractivity contribution is 6.33. The van der Waals surface area contributed by atoms with E-state index in [4.69, 9.17) is 16.7 Å². The standard InChI is InChI=1S/C14H16ClNO5/c1-8-3-4-9(10(15)7-8)13(18)16-11(14(19)20)5-6-12(17)21-2/h3-4,7,11H,5-6H2,1-2H3,(H,16,18)(H,19,20). The minimum Gasteiger partial charge on any atom is -0.480 e. The predicted molar refractivity (Wildman–Crippen MR) is 76.3 cm³/mol. The molecule has 0 fully saturated rings. The van der Waals surface area contributed by atoms with Crippen LogP contribution in [0.25, 0.3) is 0 Å². The number of amides is 1. The molecule has 0 aliphatic rings. The lowest BCUT2D eigenvalue weighted by Crippen LogP contribution is -2.41. The number of benzene rings is 1. The molecular formula is C14H16ClNO5. The summed E-state index contributed by atoms with van der Waals surface area (Å²) in [4.78, 5) is 34.2.